The monoisotopic (exact) mass is 374 g/mol. The molecule has 0 spiro atoms. The summed E-state index contributed by atoms with van der Waals surface area (Å²) in [4.78, 5) is 0. The summed E-state index contributed by atoms with van der Waals surface area (Å²) in [5.41, 5.74) is 0. The van der Waals surface area contributed by atoms with E-state index in [-0.39, 0.29) is 23.4 Å². The molecule has 3 aliphatic rings. The zero-order valence-electron chi connectivity index (χ0n) is 17.0. The Morgan fingerprint density at radius 3 is 1.52 bits per heavy atom. The molecule has 3 fully saturated rings. The fraction of sp³-hybridized carbons (Fsp3) is 1.00. The van der Waals surface area contributed by atoms with Crippen LogP contribution in [0.25, 0.3) is 0 Å². The van der Waals surface area contributed by atoms with E-state index in [9.17, 15) is 5.11 Å². The molecule has 6 nitrogen and oxygen atoms in total. The third kappa shape index (κ3) is 3.45. The lowest BCUT2D eigenvalue weighted by Crippen LogP contribution is -2.64. The number of fused-ring (bicyclic) bond motifs is 2. The molecule has 2 unspecified atom stereocenters. The molecule has 2 heterocycles. The first kappa shape index (κ1) is 19.7. The quantitative estimate of drug-likeness (QED) is 0.750. The van der Waals surface area contributed by atoms with Crippen LogP contribution in [0.1, 0.15) is 48.5 Å². The largest absolute Gasteiger partial charge is 0.408 e. The molecule has 0 aromatic heterocycles. The van der Waals surface area contributed by atoms with Crippen LogP contribution >= 0.6 is 0 Å². The summed E-state index contributed by atoms with van der Waals surface area (Å²) in [7, 11) is -2.08. The molecule has 0 aromatic carbocycles. The first-order valence-electron chi connectivity index (χ1n) is 9.21. The highest BCUT2D eigenvalue weighted by Crippen LogP contribution is 2.47. The number of hydrogen-bond donors (Lipinski definition) is 1. The number of ether oxygens (including phenoxy) is 4. The van der Waals surface area contributed by atoms with E-state index in [1.807, 2.05) is 27.7 Å². The van der Waals surface area contributed by atoms with Gasteiger partial charge in [-0.15, -0.1) is 0 Å². The molecule has 1 aliphatic carbocycles. The first-order valence-corrected chi connectivity index (χ1v) is 12.1. The van der Waals surface area contributed by atoms with Crippen molar-refractivity contribution in [2.75, 3.05) is 0 Å². The van der Waals surface area contributed by atoms with Gasteiger partial charge in [-0.3, -0.25) is 0 Å². The van der Waals surface area contributed by atoms with E-state index in [4.69, 9.17) is 23.4 Å². The van der Waals surface area contributed by atoms with Gasteiger partial charge in [0, 0.05) is 0 Å². The SMILES string of the molecule is CC1(C)O[C@@H]2C(O)[C@@H]3OC(C)(C)O[C@H]3C(O[Si](C)(C)C(C)(C)C)[C@@H]2O1. The first-order chi connectivity index (χ1) is 11.1. The van der Waals surface area contributed by atoms with Crippen molar-refractivity contribution >= 4 is 8.32 Å². The summed E-state index contributed by atoms with van der Waals surface area (Å²) in [6, 6.07) is 0. The molecule has 0 aromatic rings. The minimum Gasteiger partial charge on any atom is -0.408 e. The van der Waals surface area contributed by atoms with Crippen molar-refractivity contribution in [2.45, 2.75) is 115 Å². The number of aliphatic hydroxyl groups excluding tert-OH is 1. The zero-order valence-corrected chi connectivity index (χ0v) is 18.0. The van der Waals surface area contributed by atoms with Crippen LogP contribution in [0.15, 0.2) is 0 Å². The number of hydrogen-bond acceptors (Lipinski definition) is 6. The van der Waals surface area contributed by atoms with Crippen LogP contribution in [0.4, 0.5) is 0 Å². The van der Waals surface area contributed by atoms with Crippen molar-refractivity contribution in [3.8, 4) is 0 Å². The fourth-order valence-corrected chi connectivity index (χ4v) is 5.00. The molecule has 7 heteroatoms. The second kappa shape index (κ2) is 5.74. The van der Waals surface area contributed by atoms with Crippen LogP contribution in [0, 0.1) is 0 Å². The third-order valence-electron chi connectivity index (χ3n) is 5.88. The fourth-order valence-electron chi connectivity index (χ4n) is 3.70. The number of aliphatic hydroxyl groups is 1. The Morgan fingerprint density at radius 1 is 0.800 bits per heavy atom. The lowest BCUT2D eigenvalue weighted by molar-refractivity contribution is -0.182. The van der Waals surface area contributed by atoms with Gasteiger partial charge in [-0.1, -0.05) is 20.8 Å². The Kier molecular flexibility index (Phi) is 4.53. The highest BCUT2D eigenvalue weighted by atomic mass is 28.4. The minimum atomic E-state index is -2.08. The molecule has 1 N–H and O–H groups in total. The maximum atomic E-state index is 10.8. The Labute approximate surface area is 152 Å². The molecule has 25 heavy (non-hydrogen) atoms. The smallest absolute Gasteiger partial charge is 0.192 e. The molecule has 2 saturated heterocycles. The highest BCUT2D eigenvalue weighted by Gasteiger charge is 2.64. The van der Waals surface area contributed by atoms with Gasteiger partial charge in [0.1, 0.15) is 36.6 Å². The summed E-state index contributed by atoms with van der Waals surface area (Å²) in [6.07, 6.45) is -2.86. The van der Waals surface area contributed by atoms with Gasteiger partial charge in [-0.05, 0) is 45.8 Å². The van der Waals surface area contributed by atoms with Crippen LogP contribution in [0.3, 0.4) is 0 Å². The van der Waals surface area contributed by atoms with Gasteiger partial charge in [0.05, 0.1) is 0 Å². The summed E-state index contributed by atoms with van der Waals surface area (Å²) >= 11 is 0. The van der Waals surface area contributed by atoms with Gasteiger partial charge in [-0.2, -0.15) is 0 Å². The molecule has 0 amide bonds. The molecular weight excluding hydrogens is 340 g/mol. The van der Waals surface area contributed by atoms with E-state index in [2.05, 4.69) is 33.9 Å². The normalized spacial score (nSPS) is 43.0. The second-order valence-electron chi connectivity index (χ2n) is 9.96. The zero-order chi connectivity index (χ0) is 19.0. The Hall–Kier alpha value is -0.0231. The van der Waals surface area contributed by atoms with E-state index < -0.39 is 38.2 Å². The third-order valence-corrected chi connectivity index (χ3v) is 10.4. The summed E-state index contributed by atoms with van der Waals surface area (Å²) in [5, 5.41) is 10.9. The van der Waals surface area contributed by atoms with Gasteiger partial charge in [-0.25, -0.2) is 0 Å². The van der Waals surface area contributed by atoms with Crippen molar-refractivity contribution in [2.24, 2.45) is 0 Å². The topological polar surface area (TPSA) is 66.4 Å². The maximum Gasteiger partial charge on any atom is 0.192 e. The van der Waals surface area contributed by atoms with E-state index in [1.54, 1.807) is 0 Å². The average Bonchev–Trinajstić information content (AvgIpc) is 2.89. The van der Waals surface area contributed by atoms with Gasteiger partial charge in [0.2, 0.25) is 0 Å². The lowest BCUT2D eigenvalue weighted by Gasteiger charge is -2.46. The molecular formula is C18H34O6Si. The van der Waals surface area contributed by atoms with Crippen LogP contribution < -0.4 is 0 Å². The van der Waals surface area contributed by atoms with Gasteiger partial charge in [0.15, 0.2) is 19.9 Å². The van der Waals surface area contributed by atoms with Crippen LogP contribution in [0.5, 0.6) is 0 Å². The van der Waals surface area contributed by atoms with E-state index in [1.165, 1.54) is 0 Å². The molecule has 146 valence electrons. The van der Waals surface area contributed by atoms with Crippen molar-refractivity contribution in [3.05, 3.63) is 0 Å². The summed E-state index contributed by atoms with van der Waals surface area (Å²) in [5.74, 6) is -1.53. The maximum absolute atomic E-state index is 10.8. The van der Waals surface area contributed by atoms with Crippen molar-refractivity contribution in [1.29, 1.82) is 0 Å². The standard InChI is InChI=1S/C18H34O6Si/c1-16(2,3)25(8,9)24-15-13-11(20-17(4,5)22-13)10(19)12-14(15)23-18(6,7)21-12/h10-15,19H,1-9H3/t10?,11-,12+,13-,14-,15?/m1/s1. The van der Waals surface area contributed by atoms with Crippen LogP contribution in [0.2, 0.25) is 18.1 Å². The van der Waals surface area contributed by atoms with Crippen LogP contribution in [-0.2, 0) is 23.4 Å². The van der Waals surface area contributed by atoms with E-state index in [0.717, 1.165) is 0 Å². The number of rotatable bonds is 2. The molecule has 0 radical (unpaired) electrons. The Morgan fingerprint density at radius 2 is 1.16 bits per heavy atom. The Bertz CT molecular complexity index is 494. The molecule has 0 bridgehead atoms. The summed E-state index contributed by atoms with van der Waals surface area (Å²) < 4.78 is 31.0. The predicted molar refractivity (Wildman–Crippen MR) is 95.7 cm³/mol. The molecule has 6 atom stereocenters. The van der Waals surface area contributed by atoms with Crippen LogP contribution in [-0.4, -0.2) is 61.6 Å². The van der Waals surface area contributed by atoms with E-state index >= 15 is 0 Å². The Balaban J connectivity index is 1.95. The average molecular weight is 375 g/mol. The molecule has 2 aliphatic heterocycles. The van der Waals surface area contributed by atoms with Gasteiger partial charge < -0.3 is 28.5 Å². The van der Waals surface area contributed by atoms with Gasteiger partial charge >= 0.3 is 0 Å². The summed E-state index contributed by atoms with van der Waals surface area (Å²) in [6.45, 7) is 18.5. The molecule has 1 saturated carbocycles. The van der Waals surface area contributed by atoms with E-state index in [0.29, 0.717) is 0 Å². The van der Waals surface area contributed by atoms with Crippen molar-refractivity contribution in [3.63, 3.8) is 0 Å². The highest BCUT2D eigenvalue weighted by molar-refractivity contribution is 6.74. The molecule has 3 rings (SSSR count). The predicted octanol–water partition coefficient (Wildman–Crippen LogP) is 2.79. The minimum absolute atomic E-state index is 0.0536. The second-order valence-corrected chi connectivity index (χ2v) is 14.7. The van der Waals surface area contributed by atoms with Crippen molar-refractivity contribution in [1.82, 2.24) is 0 Å². The lowest BCUT2D eigenvalue weighted by atomic mass is 9.85. The van der Waals surface area contributed by atoms with Gasteiger partial charge in [0.25, 0.3) is 0 Å². The van der Waals surface area contributed by atoms with Crippen molar-refractivity contribution < 1.29 is 28.5 Å².